The van der Waals surface area contributed by atoms with Crippen molar-refractivity contribution in [2.45, 2.75) is 12.3 Å². The van der Waals surface area contributed by atoms with Crippen LogP contribution in [0.25, 0.3) is 0 Å². The van der Waals surface area contributed by atoms with Crippen LogP contribution < -0.4 is 0 Å². The maximum absolute atomic E-state index is 10.5. The van der Waals surface area contributed by atoms with Gasteiger partial charge in [0, 0.05) is 0 Å². The molecular weight excluding hydrogens is 204 g/mol. The van der Waals surface area contributed by atoms with Gasteiger partial charge in [-0.3, -0.25) is 14.4 Å². The largest absolute Gasteiger partial charge is 0.480 e. The first-order valence-electron chi connectivity index (χ1n) is 3.12. The summed E-state index contributed by atoms with van der Waals surface area (Å²) in [6, 6.07) is 0. The van der Waals surface area contributed by atoms with Gasteiger partial charge in [0.25, 0.3) is 5.41 Å². The van der Waals surface area contributed by atoms with E-state index in [-0.39, 0.29) is 0 Å². The Kier molecular flexibility index (Phi) is 3.25. The monoisotopic (exact) mass is 210 g/mol. The maximum Gasteiger partial charge on any atom is 0.334 e. The SMILES string of the molecule is CC(Cl)C(C(=O)O)(C(=O)O)C(=O)O. The average molecular weight is 211 g/mol. The van der Waals surface area contributed by atoms with Gasteiger partial charge in [-0.2, -0.15) is 0 Å². The molecule has 0 aliphatic rings. The Morgan fingerprint density at radius 1 is 1.08 bits per heavy atom. The van der Waals surface area contributed by atoms with Crippen molar-refractivity contribution in [2.24, 2.45) is 5.41 Å². The van der Waals surface area contributed by atoms with Crippen LogP contribution in [0.5, 0.6) is 0 Å². The second-order valence-electron chi connectivity index (χ2n) is 2.34. The van der Waals surface area contributed by atoms with Gasteiger partial charge in [-0.25, -0.2) is 0 Å². The van der Waals surface area contributed by atoms with Gasteiger partial charge in [-0.15, -0.1) is 11.6 Å². The number of aliphatic carboxylic acids is 3. The van der Waals surface area contributed by atoms with Crippen LogP contribution in [-0.2, 0) is 14.4 Å². The Bertz CT molecular complexity index is 222. The summed E-state index contributed by atoms with van der Waals surface area (Å²) in [7, 11) is 0. The smallest absolute Gasteiger partial charge is 0.334 e. The minimum atomic E-state index is -2.98. The van der Waals surface area contributed by atoms with Crippen molar-refractivity contribution in [1.82, 2.24) is 0 Å². The molecule has 7 heteroatoms. The molecule has 0 rings (SSSR count). The lowest BCUT2D eigenvalue weighted by atomic mass is 9.85. The van der Waals surface area contributed by atoms with E-state index in [2.05, 4.69) is 0 Å². The molecule has 0 bridgehead atoms. The van der Waals surface area contributed by atoms with Crippen molar-refractivity contribution in [3.05, 3.63) is 0 Å². The molecule has 0 heterocycles. The Balaban J connectivity index is 5.46. The molecule has 0 fully saturated rings. The van der Waals surface area contributed by atoms with E-state index in [9.17, 15) is 14.4 Å². The van der Waals surface area contributed by atoms with Crippen molar-refractivity contribution >= 4 is 29.5 Å². The zero-order chi connectivity index (χ0) is 10.8. The Morgan fingerprint density at radius 3 is 1.31 bits per heavy atom. The molecule has 0 aliphatic heterocycles. The number of hydrogen-bond donors (Lipinski definition) is 3. The molecule has 13 heavy (non-hydrogen) atoms. The molecule has 0 aromatic carbocycles. The molecule has 0 aromatic rings. The van der Waals surface area contributed by atoms with E-state index >= 15 is 0 Å². The molecular formula is C6H7ClO6. The highest BCUT2D eigenvalue weighted by atomic mass is 35.5. The van der Waals surface area contributed by atoms with Crippen LogP contribution in [0.1, 0.15) is 6.92 Å². The van der Waals surface area contributed by atoms with Gasteiger partial charge >= 0.3 is 17.9 Å². The molecule has 1 atom stereocenters. The van der Waals surface area contributed by atoms with Crippen molar-refractivity contribution < 1.29 is 29.7 Å². The molecule has 3 N–H and O–H groups in total. The van der Waals surface area contributed by atoms with E-state index in [1.165, 1.54) is 0 Å². The summed E-state index contributed by atoms with van der Waals surface area (Å²) in [4.78, 5) is 31.5. The normalized spacial score (nSPS) is 13.4. The summed E-state index contributed by atoms with van der Waals surface area (Å²) in [5.41, 5.74) is -2.98. The van der Waals surface area contributed by atoms with Gasteiger partial charge in [0.15, 0.2) is 0 Å². The molecule has 1 unspecified atom stereocenters. The summed E-state index contributed by atoms with van der Waals surface area (Å²) >= 11 is 5.24. The van der Waals surface area contributed by atoms with E-state index in [4.69, 9.17) is 26.9 Å². The first-order valence-corrected chi connectivity index (χ1v) is 3.55. The molecule has 0 radical (unpaired) electrons. The lowest BCUT2D eigenvalue weighted by molar-refractivity contribution is -0.175. The minimum Gasteiger partial charge on any atom is -0.480 e. The molecule has 0 amide bonds. The molecule has 6 nitrogen and oxygen atoms in total. The van der Waals surface area contributed by atoms with Crippen LogP contribution in [-0.4, -0.2) is 38.6 Å². The number of hydrogen-bond acceptors (Lipinski definition) is 3. The number of rotatable bonds is 4. The van der Waals surface area contributed by atoms with Crippen LogP contribution in [0.2, 0.25) is 0 Å². The van der Waals surface area contributed by atoms with E-state index in [0.717, 1.165) is 6.92 Å². The van der Waals surface area contributed by atoms with Crippen molar-refractivity contribution in [2.75, 3.05) is 0 Å². The molecule has 0 saturated heterocycles. The van der Waals surface area contributed by atoms with Gasteiger partial charge in [0.05, 0.1) is 5.38 Å². The van der Waals surface area contributed by atoms with Gasteiger partial charge in [0.1, 0.15) is 0 Å². The second-order valence-corrected chi connectivity index (χ2v) is 2.99. The van der Waals surface area contributed by atoms with Crippen LogP contribution in [0, 0.1) is 5.41 Å². The van der Waals surface area contributed by atoms with Gasteiger partial charge < -0.3 is 15.3 Å². The number of halogens is 1. The fraction of sp³-hybridized carbons (Fsp3) is 0.500. The molecule has 0 aliphatic carbocycles. The van der Waals surface area contributed by atoms with E-state index in [1.54, 1.807) is 0 Å². The van der Waals surface area contributed by atoms with Crippen LogP contribution >= 0.6 is 11.6 Å². The minimum absolute atomic E-state index is 0.998. The number of alkyl halides is 1. The highest BCUT2D eigenvalue weighted by molar-refractivity contribution is 6.30. The molecule has 74 valence electrons. The van der Waals surface area contributed by atoms with Crippen molar-refractivity contribution in [3.8, 4) is 0 Å². The highest BCUT2D eigenvalue weighted by Gasteiger charge is 2.58. The third-order valence-electron chi connectivity index (χ3n) is 1.61. The Morgan fingerprint density at radius 2 is 1.31 bits per heavy atom. The van der Waals surface area contributed by atoms with Gasteiger partial charge in [-0.1, -0.05) is 0 Å². The van der Waals surface area contributed by atoms with Crippen LogP contribution in [0.15, 0.2) is 0 Å². The summed E-state index contributed by atoms with van der Waals surface area (Å²) in [5.74, 6) is -5.97. The molecule has 0 aromatic heterocycles. The average Bonchev–Trinajstić information content (AvgIpc) is 1.82. The second kappa shape index (κ2) is 3.61. The third kappa shape index (κ3) is 1.57. The Hall–Kier alpha value is -1.30. The summed E-state index contributed by atoms with van der Waals surface area (Å²) in [5, 5.41) is 23.9. The van der Waals surface area contributed by atoms with Crippen molar-refractivity contribution in [3.63, 3.8) is 0 Å². The summed E-state index contributed by atoms with van der Waals surface area (Å²) in [6.45, 7) is 0.998. The summed E-state index contributed by atoms with van der Waals surface area (Å²) in [6.07, 6.45) is 0. The van der Waals surface area contributed by atoms with Crippen LogP contribution in [0.4, 0.5) is 0 Å². The maximum atomic E-state index is 10.5. The first kappa shape index (κ1) is 11.7. The fourth-order valence-corrected chi connectivity index (χ4v) is 1.06. The summed E-state index contributed by atoms with van der Waals surface area (Å²) < 4.78 is 0. The lowest BCUT2D eigenvalue weighted by Gasteiger charge is -2.21. The highest BCUT2D eigenvalue weighted by Crippen LogP contribution is 2.27. The Labute approximate surface area is 77.7 Å². The van der Waals surface area contributed by atoms with E-state index in [1.807, 2.05) is 0 Å². The molecule has 0 saturated carbocycles. The van der Waals surface area contributed by atoms with E-state index in [0.29, 0.717) is 0 Å². The lowest BCUT2D eigenvalue weighted by Crippen LogP contribution is -2.52. The first-order chi connectivity index (χ1) is 5.77. The number of carboxylic acid groups (broad SMARTS) is 3. The number of carbonyl (C=O) groups is 3. The van der Waals surface area contributed by atoms with Crippen molar-refractivity contribution in [1.29, 1.82) is 0 Å². The third-order valence-corrected chi connectivity index (χ3v) is 1.94. The predicted octanol–water partition coefficient (Wildman–Crippen LogP) is -0.146. The molecule has 0 spiro atoms. The zero-order valence-electron chi connectivity index (χ0n) is 6.52. The fourth-order valence-electron chi connectivity index (χ4n) is 0.785. The predicted molar refractivity (Wildman–Crippen MR) is 40.7 cm³/mol. The zero-order valence-corrected chi connectivity index (χ0v) is 7.28. The topological polar surface area (TPSA) is 112 Å². The number of carboxylic acids is 3. The standard InChI is InChI=1S/C6H7ClO6/c1-2(7)6(3(8)9,4(10)11)5(12)13/h2H,1H3,(H,8,9)(H,10,11)(H,12,13). The van der Waals surface area contributed by atoms with Gasteiger partial charge in [-0.05, 0) is 6.92 Å². The van der Waals surface area contributed by atoms with Gasteiger partial charge in [0.2, 0.25) is 0 Å². The van der Waals surface area contributed by atoms with E-state index < -0.39 is 28.7 Å². The quantitative estimate of drug-likeness (QED) is 0.440. The van der Waals surface area contributed by atoms with Crippen LogP contribution in [0.3, 0.4) is 0 Å².